The highest BCUT2D eigenvalue weighted by atomic mass is 32.1. The number of carbonyl (C=O) groups is 1. The van der Waals surface area contributed by atoms with E-state index in [1.165, 1.54) is 36.5 Å². The van der Waals surface area contributed by atoms with Crippen LogP contribution < -0.4 is 20.3 Å². The molecule has 0 aliphatic heterocycles. The topological polar surface area (TPSA) is 108 Å². The van der Waals surface area contributed by atoms with Gasteiger partial charge in [-0.05, 0) is 24.6 Å². The SMILES string of the molecule is COc1cc2ncn(CCCC(=O)Nc3nc(-c4cccnc4)cs3)c(=O)c2cc1OC. The number of anilines is 1. The van der Waals surface area contributed by atoms with Gasteiger partial charge >= 0.3 is 0 Å². The summed E-state index contributed by atoms with van der Waals surface area (Å²) in [4.78, 5) is 38.0. The largest absolute Gasteiger partial charge is 0.493 e. The number of benzene rings is 1. The minimum atomic E-state index is -0.197. The van der Waals surface area contributed by atoms with Gasteiger partial charge in [0.15, 0.2) is 16.6 Å². The number of hydrogen-bond acceptors (Lipinski definition) is 8. The number of methoxy groups -OCH3 is 2. The number of pyridine rings is 1. The molecule has 3 aromatic heterocycles. The number of aryl methyl sites for hydroxylation is 1. The van der Waals surface area contributed by atoms with Gasteiger partial charge in [-0.1, -0.05) is 0 Å². The number of thiazole rings is 1. The third-order valence-electron chi connectivity index (χ3n) is 4.84. The number of fused-ring (bicyclic) bond motifs is 1. The maximum Gasteiger partial charge on any atom is 0.261 e. The zero-order valence-corrected chi connectivity index (χ0v) is 18.4. The lowest BCUT2D eigenvalue weighted by molar-refractivity contribution is -0.116. The Kier molecular flexibility index (Phi) is 6.41. The van der Waals surface area contributed by atoms with Gasteiger partial charge in [-0.2, -0.15) is 0 Å². The summed E-state index contributed by atoms with van der Waals surface area (Å²) in [5.74, 6) is 0.811. The van der Waals surface area contributed by atoms with Gasteiger partial charge in [-0.3, -0.25) is 19.1 Å². The molecule has 0 atom stereocenters. The van der Waals surface area contributed by atoms with Crippen LogP contribution in [0.2, 0.25) is 0 Å². The van der Waals surface area contributed by atoms with Crippen LogP contribution in [0.5, 0.6) is 11.5 Å². The predicted octanol–water partition coefficient (Wildman–Crippen LogP) is 3.35. The quantitative estimate of drug-likeness (QED) is 0.438. The molecule has 1 aromatic carbocycles. The van der Waals surface area contributed by atoms with Crippen LogP contribution in [0.3, 0.4) is 0 Å². The van der Waals surface area contributed by atoms with Crippen molar-refractivity contribution in [2.45, 2.75) is 19.4 Å². The van der Waals surface area contributed by atoms with E-state index in [9.17, 15) is 9.59 Å². The molecule has 1 N–H and O–H groups in total. The lowest BCUT2D eigenvalue weighted by Gasteiger charge is -2.10. The zero-order chi connectivity index (χ0) is 22.5. The van der Waals surface area contributed by atoms with E-state index < -0.39 is 0 Å². The Morgan fingerprint density at radius 2 is 2.03 bits per heavy atom. The molecule has 0 aliphatic carbocycles. The van der Waals surface area contributed by atoms with Crippen LogP contribution in [0.15, 0.2) is 53.2 Å². The lowest BCUT2D eigenvalue weighted by Crippen LogP contribution is -2.22. The fourth-order valence-electron chi connectivity index (χ4n) is 3.21. The van der Waals surface area contributed by atoms with Crippen LogP contribution in [0.1, 0.15) is 12.8 Å². The molecule has 0 unspecified atom stereocenters. The maximum absolute atomic E-state index is 12.8. The Bertz CT molecular complexity index is 1300. The molecule has 1 amide bonds. The van der Waals surface area contributed by atoms with Gasteiger partial charge in [0, 0.05) is 42.4 Å². The van der Waals surface area contributed by atoms with Crippen molar-refractivity contribution >= 4 is 33.3 Å². The number of hydrogen-bond donors (Lipinski definition) is 1. The van der Waals surface area contributed by atoms with Crippen molar-refractivity contribution in [2.75, 3.05) is 19.5 Å². The summed E-state index contributed by atoms with van der Waals surface area (Å²) in [6.07, 6.45) is 5.63. The summed E-state index contributed by atoms with van der Waals surface area (Å²) < 4.78 is 12.0. The summed E-state index contributed by atoms with van der Waals surface area (Å²) in [6.45, 7) is 0.363. The first-order chi connectivity index (χ1) is 15.6. The van der Waals surface area contributed by atoms with Gasteiger partial charge in [0.05, 0.1) is 37.1 Å². The number of nitrogens with one attached hydrogen (secondary N) is 1. The Labute approximate surface area is 187 Å². The average Bonchev–Trinajstić information content (AvgIpc) is 3.28. The summed E-state index contributed by atoms with van der Waals surface area (Å²) in [7, 11) is 3.04. The number of amides is 1. The maximum atomic E-state index is 12.8. The monoisotopic (exact) mass is 451 g/mol. The number of carbonyl (C=O) groups excluding carboxylic acids is 1. The van der Waals surface area contributed by atoms with Crippen molar-refractivity contribution in [3.8, 4) is 22.8 Å². The minimum Gasteiger partial charge on any atom is -0.493 e. The second-order valence-electron chi connectivity index (χ2n) is 6.90. The van der Waals surface area contributed by atoms with Crippen LogP contribution in [0, 0.1) is 0 Å². The fraction of sp³-hybridized carbons (Fsp3) is 0.227. The first-order valence-electron chi connectivity index (χ1n) is 9.86. The van der Waals surface area contributed by atoms with Crippen molar-refractivity contribution in [1.29, 1.82) is 0 Å². The molecular weight excluding hydrogens is 430 g/mol. The molecule has 10 heteroatoms. The average molecular weight is 452 g/mol. The van der Waals surface area contributed by atoms with E-state index in [1.807, 2.05) is 17.5 Å². The van der Waals surface area contributed by atoms with Crippen LogP contribution in [0.25, 0.3) is 22.2 Å². The lowest BCUT2D eigenvalue weighted by atomic mass is 10.2. The van der Waals surface area contributed by atoms with Crippen molar-refractivity contribution in [1.82, 2.24) is 19.5 Å². The van der Waals surface area contributed by atoms with E-state index in [0.717, 1.165) is 11.3 Å². The van der Waals surface area contributed by atoms with Crippen molar-refractivity contribution in [3.05, 3.63) is 58.7 Å². The molecule has 4 rings (SSSR count). The van der Waals surface area contributed by atoms with Gasteiger partial charge < -0.3 is 14.8 Å². The third-order valence-corrected chi connectivity index (χ3v) is 5.60. The van der Waals surface area contributed by atoms with E-state index in [0.29, 0.717) is 40.5 Å². The van der Waals surface area contributed by atoms with Crippen molar-refractivity contribution in [3.63, 3.8) is 0 Å². The Morgan fingerprint density at radius 1 is 1.22 bits per heavy atom. The molecule has 3 heterocycles. The van der Waals surface area contributed by atoms with Crippen LogP contribution in [0.4, 0.5) is 5.13 Å². The summed E-state index contributed by atoms with van der Waals surface area (Å²) >= 11 is 1.35. The predicted molar refractivity (Wildman–Crippen MR) is 122 cm³/mol. The van der Waals surface area contributed by atoms with Gasteiger partial charge in [-0.25, -0.2) is 9.97 Å². The zero-order valence-electron chi connectivity index (χ0n) is 17.6. The van der Waals surface area contributed by atoms with Crippen LogP contribution >= 0.6 is 11.3 Å². The fourth-order valence-corrected chi connectivity index (χ4v) is 3.95. The van der Waals surface area contributed by atoms with E-state index in [1.54, 1.807) is 24.5 Å². The molecule has 32 heavy (non-hydrogen) atoms. The van der Waals surface area contributed by atoms with Gasteiger partial charge in [0.1, 0.15) is 0 Å². The van der Waals surface area contributed by atoms with E-state index in [4.69, 9.17) is 9.47 Å². The third kappa shape index (κ3) is 4.59. The smallest absolute Gasteiger partial charge is 0.261 e. The molecule has 9 nitrogen and oxygen atoms in total. The normalized spacial score (nSPS) is 10.8. The molecule has 4 aromatic rings. The molecule has 0 saturated carbocycles. The van der Waals surface area contributed by atoms with Gasteiger partial charge in [0.2, 0.25) is 5.91 Å². The molecule has 0 bridgehead atoms. The molecule has 0 radical (unpaired) electrons. The van der Waals surface area contributed by atoms with Crippen molar-refractivity contribution < 1.29 is 14.3 Å². The van der Waals surface area contributed by atoms with E-state index in [-0.39, 0.29) is 17.9 Å². The minimum absolute atomic E-state index is 0.162. The Balaban J connectivity index is 1.38. The molecule has 0 spiro atoms. The second-order valence-corrected chi connectivity index (χ2v) is 7.76. The standard InChI is InChI=1S/C22H21N5O4S/c1-30-18-9-15-16(10-19(18)31-2)24-13-27(21(15)29)8-4-6-20(28)26-22-25-17(12-32-22)14-5-3-7-23-11-14/h3,5,7,9-13H,4,6,8H2,1-2H3,(H,25,26,28). The number of aromatic nitrogens is 4. The summed E-state index contributed by atoms with van der Waals surface area (Å²) in [5, 5.41) is 5.63. The number of ether oxygens (including phenoxy) is 2. The van der Waals surface area contributed by atoms with Crippen LogP contribution in [-0.4, -0.2) is 39.6 Å². The van der Waals surface area contributed by atoms with Crippen LogP contribution in [-0.2, 0) is 11.3 Å². The molecule has 0 aliphatic rings. The summed E-state index contributed by atoms with van der Waals surface area (Å²) in [6, 6.07) is 7.04. The van der Waals surface area contributed by atoms with E-state index >= 15 is 0 Å². The molecule has 164 valence electrons. The highest BCUT2D eigenvalue weighted by Crippen LogP contribution is 2.29. The second kappa shape index (κ2) is 9.56. The van der Waals surface area contributed by atoms with Crippen molar-refractivity contribution in [2.24, 2.45) is 0 Å². The Hall–Kier alpha value is -3.79. The molecule has 0 fully saturated rings. The van der Waals surface area contributed by atoms with Gasteiger partial charge in [0.25, 0.3) is 5.56 Å². The first kappa shape index (κ1) is 21.4. The summed E-state index contributed by atoms with van der Waals surface area (Å²) in [5.41, 5.74) is 1.98. The molecular formula is C22H21N5O4S. The highest BCUT2D eigenvalue weighted by molar-refractivity contribution is 7.14. The number of nitrogens with zero attached hydrogens (tertiary/aromatic N) is 4. The molecule has 0 saturated heterocycles. The highest BCUT2D eigenvalue weighted by Gasteiger charge is 2.12. The number of rotatable bonds is 8. The Morgan fingerprint density at radius 3 is 2.78 bits per heavy atom. The van der Waals surface area contributed by atoms with E-state index in [2.05, 4.69) is 20.3 Å². The van der Waals surface area contributed by atoms with Gasteiger partial charge in [-0.15, -0.1) is 11.3 Å². The first-order valence-corrected chi connectivity index (χ1v) is 10.7.